The van der Waals surface area contributed by atoms with Crippen LogP contribution in [-0.4, -0.2) is 26.8 Å². The maximum Gasteiger partial charge on any atom is 0.328 e. The lowest BCUT2D eigenvalue weighted by Crippen LogP contribution is -2.11. The van der Waals surface area contributed by atoms with Crippen molar-refractivity contribution >= 4 is 29.1 Å². The molecule has 1 heterocycles. The highest BCUT2D eigenvalue weighted by molar-refractivity contribution is 6.04. The number of carbonyl (C=O) groups is 2. The largest absolute Gasteiger partial charge is 0.478 e. The molecular formula is C25H20N4O3. The fourth-order valence-electron chi connectivity index (χ4n) is 3.15. The van der Waals surface area contributed by atoms with Crippen LogP contribution in [0.15, 0.2) is 103 Å². The summed E-state index contributed by atoms with van der Waals surface area (Å²) in [5.74, 6) is -1.02. The van der Waals surface area contributed by atoms with E-state index >= 15 is 0 Å². The standard InChI is InChI=1S/C25H20N4O3/c30-24(15-16-25(31)32)27-21-14-8-7-13-20(21)26-23-17-22(18-9-3-1-4-10-18)28-29(23)19-11-5-2-6-12-19/h1-17,26H,(H,27,30)(H,31,32)/b16-15-. The van der Waals surface area contributed by atoms with Gasteiger partial charge in [-0.3, -0.25) is 4.79 Å². The molecule has 1 amide bonds. The number of carbonyl (C=O) groups excluding carboxylic acids is 1. The second-order valence-electron chi connectivity index (χ2n) is 6.86. The van der Waals surface area contributed by atoms with Gasteiger partial charge in [0.25, 0.3) is 0 Å². The van der Waals surface area contributed by atoms with Crippen molar-refractivity contribution in [1.82, 2.24) is 9.78 Å². The number of rotatable bonds is 7. The van der Waals surface area contributed by atoms with Crippen molar-refractivity contribution in [3.63, 3.8) is 0 Å². The number of carboxylic acid groups (broad SMARTS) is 1. The van der Waals surface area contributed by atoms with Gasteiger partial charge < -0.3 is 15.7 Å². The second-order valence-corrected chi connectivity index (χ2v) is 6.86. The van der Waals surface area contributed by atoms with Gasteiger partial charge in [-0.25, -0.2) is 9.48 Å². The van der Waals surface area contributed by atoms with Crippen LogP contribution in [0.5, 0.6) is 0 Å². The van der Waals surface area contributed by atoms with Crippen LogP contribution in [0.25, 0.3) is 16.9 Å². The fourth-order valence-corrected chi connectivity index (χ4v) is 3.15. The minimum atomic E-state index is -1.19. The van der Waals surface area contributed by atoms with E-state index in [1.165, 1.54) is 0 Å². The normalized spacial score (nSPS) is 10.8. The highest BCUT2D eigenvalue weighted by Gasteiger charge is 2.13. The van der Waals surface area contributed by atoms with Gasteiger partial charge in [-0.15, -0.1) is 0 Å². The summed E-state index contributed by atoms with van der Waals surface area (Å²) in [7, 11) is 0. The van der Waals surface area contributed by atoms with Gasteiger partial charge >= 0.3 is 5.97 Å². The summed E-state index contributed by atoms with van der Waals surface area (Å²) in [6.45, 7) is 0. The van der Waals surface area contributed by atoms with Gasteiger partial charge in [-0.1, -0.05) is 60.7 Å². The molecule has 4 rings (SSSR count). The Labute approximate surface area is 184 Å². The molecule has 0 atom stereocenters. The molecular weight excluding hydrogens is 404 g/mol. The number of nitrogens with one attached hydrogen (secondary N) is 2. The predicted octanol–water partition coefficient (Wildman–Crippen LogP) is 4.86. The lowest BCUT2D eigenvalue weighted by Gasteiger charge is -2.13. The third-order valence-electron chi connectivity index (χ3n) is 4.60. The zero-order valence-electron chi connectivity index (χ0n) is 17.0. The number of anilines is 3. The third kappa shape index (κ3) is 4.91. The summed E-state index contributed by atoms with van der Waals surface area (Å²) in [5, 5.41) is 19.5. The van der Waals surface area contributed by atoms with E-state index in [2.05, 4.69) is 10.6 Å². The highest BCUT2D eigenvalue weighted by atomic mass is 16.4. The lowest BCUT2D eigenvalue weighted by molar-refractivity contribution is -0.131. The van der Waals surface area contributed by atoms with Crippen molar-refractivity contribution in [1.29, 1.82) is 0 Å². The average Bonchev–Trinajstić information content (AvgIpc) is 3.24. The van der Waals surface area contributed by atoms with Gasteiger partial charge in [-0.05, 0) is 24.3 Å². The molecule has 0 saturated carbocycles. The molecule has 32 heavy (non-hydrogen) atoms. The maximum atomic E-state index is 12.1. The first-order valence-electron chi connectivity index (χ1n) is 9.89. The van der Waals surface area contributed by atoms with Gasteiger partial charge in [0.05, 0.1) is 22.8 Å². The first kappa shape index (κ1) is 20.6. The first-order chi connectivity index (χ1) is 15.6. The third-order valence-corrected chi connectivity index (χ3v) is 4.60. The molecule has 4 aromatic rings. The molecule has 0 aliphatic rings. The Kier molecular flexibility index (Phi) is 6.08. The second kappa shape index (κ2) is 9.44. The Morgan fingerprint density at radius 1 is 0.812 bits per heavy atom. The predicted molar refractivity (Wildman–Crippen MR) is 124 cm³/mol. The molecule has 7 heteroatoms. The highest BCUT2D eigenvalue weighted by Crippen LogP contribution is 2.30. The van der Waals surface area contributed by atoms with Crippen molar-refractivity contribution in [2.45, 2.75) is 0 Å². The maximum absolute atomic E-state index is 12.1. The van der Waals surface area contributed by atoms with E-state index in [9.17, 15) is 9.59 Å². The number of benzene rings is 3. The molecule has 0 aliphatic heterocycles. The van der Waals surface area contributed by atoms with Crippen LogP contribution in [0, 0.1) is 0 Å². The zero-order chi connectivity index (χ0) is 22.3. The summed E-state index contributed by atoms with van der Waals surface area (Å²) in [6.07, 6.45) is 1.77. The monoisotopic (exact) mass is 424 g/mol. The van der Waals surface area contributed by atoms with Crippen LogP contribution in [0.3, 0.4) is 0 Å². The minimum absolute atomic E-state index is 0.509. The van der Waals surface area contributed by atoms with E-state index in [0.717, 1.165) is 29.1 Å². The van der Waals surface area contributed by atoms with Crippen LogP contribution < -0.4 is 10.6 Å². The van der Waals surface area contributed by atoms with Crippen molar-refractivity contribution in [3.8, 4) is 16.9 Å². The SMILES string of the molecule is O=C(O)/C=C\C(=O)Nc1ccccc1Nc1cc(-c2ccccc2)nn1-c1ccccc1. The Bertz CT molecular complexity index is 1260. The molecule has 0 fully saturated rings. The zero-order valence-corrected chi connectivity index (χ0v) is 17.0. The van der Waals surface area contributed by atoms with E-state index in [-0.39, 0.29) is 0 Å². The topological polar surface area (TPSA) is 96.2 Å². The lowest BCUT2D eigenvalue weighted by atomic mass is 10.1. The molecule has 3 aromatic carbocycles. The quantitative estimate of drug-likeness (QED) is 0.368. The Hall–Kier alpha value is -4.65. The number of carboxylic acids is 1. The van der Waals surface area contributed by atoms with Crippen LogP contribution >= 0.6 is 0 Å². The number of amides is 1. The van der Waals surface area contributed by atoms with Crippen LogP contribution in [-0.2, 0) is 9.59 Å². The van der Waals surface area contributed by atoms with Crippen molar-refractivity contribution in [2.75, 3.05) is 10.6 Å². The molecule has 0 spiro atoms. The summed E-state index contributed by atoms with van der Waals surface area (Å²) in [5.41, 5.74) is 3.80. The van der Waals surface area contributed by atoms with Crippen LogP contribution in [0.4, 0.5) is 17.2 Å². The molecule has 3 N–H and O–H groups in total. The molecule has 0 unspecified atom stereocenters. The number of aliphatic carboxylic acids is 1. The van der Waals surface area contributed by atoms with Crippen molar-refractivity contribution in [3.05, 3.63) is 103 Å². The van der Waals surface area contributed by atoms with Crippen molar-refractivity contribution in [2.24, 2.45) is 0 Å². The van der Waals surface area contributed by atoms with Gasteiger partial charge in [0.1, 0.15) is 5.82 Å². The van der Waals surface area contributed by atoms with E-state index < -0.39 is 11.9 Å². The van der Waals surface area contributed by atoms with Gasteiger partial charge in [0.15, 0.2) is 0 Å². The van der Waals surface area contributed by atoms with E-state index in [1.807, 2.05) is 78.9 Å². The summed E-state index contributed by atoms with van der Waals surface area (Å²) in [4.78, 5) is 22.8. The summed E-state index contributed by atoms with van der Waals surface area (Å²) < 4.78 is 1.80. The number of hydrogen-bond acceptors (Lipinski definition) is 4. The molecule has 1 aromatic heterocycles. The minimum Gasteiger partial charge on any atom is -0.478 e. The molecule has 0 saturated heterocycles. The molecule has 158 valence electrons. The molecule has 7 nitrogen and oxygen atoms in total. The van der Waals surface area contributed by atoms with E-state index in [0.29, 0.717) is 17.2 Å². The Balaban J connectivity index is 1.69. The summed E-state index contributed by atoms with van der Waals surface area (Å²) in [6, 6.07) is 28.7. The van der Waals surface area contributed by atoms with E-state index in [1.54, 1.807) is 16.8 Å². The summed E-state index contributed by atoms with van der Waals surface area (Å²) >= 11 is 0. The number of aromatic nitrogens is 2. The first-order valence-corrected chi connectivity index (χ1v) is 9.89. The Morgan fingerprint density at radius 3 is 2.12 bits per heavy atom. The van der Waals surface area contributed by atoms with Gasteiger partial charge in [0, 0.05) is 23.8 Å². The number of nitrogens with zero attached hydrogens (tertiary/aromatic N) is 2. The van der Waals surface area contributed by atoms with Gasteiger partial charge in [-0.2, -0.15) is 5.10 Å². The number of hydrogen-bond donors (Lipinski definition) is 3. The molecule has 0 radical (unpaired) electrons. The van der Waals surface area contributed by atoms with Crippen molar-refractivity contribution < 1.29 is 14.7 Å². The molecule has 0 bridgehead atoms. The van der Waals surface area contributed by atoms with E-state index in [4.69, 9.17) is 10.2 Å². The Morgan fingerprint density at radius 2 is 1.44 bits per heavy atom. The average molecular weight is 424 g/mol. The van der Waals surface area contributed by atoms with Crippen LogP contribution in [0.2, 0.25) is 0 Å². The number of para-hydroxylation sites is 3. The van der Waals surface area contributed by atoms with Crippen LogP contribution in [0.1, 0.15) is 0 Å². The fraction of sp³-hybridized carbons (Fsp3) is 0. The van der Waals surface area contributed by atoms with Gasteiger partial charge in [0.2, 0.25) is 5.91 Å². The smallest absolute Gasteiger partial charge is 0.328 e. The molecule has 0 aliphatic carbocycles.